The van der Waals surface area contributed by atoms with Gasteiger partial charge in [-0.3, -0.25) is 0 Å². The van der Waals surface area contributed by atoms with E-state index >= 15 is 0 Å². The Morgan fingerprint density at radius 2 is 2.08 bits per heavy atom. The lowest BCUT2D eigenvalue weighted by atomic mass is 10.0. The monoisotopic (exact) mass is 351 g/mol. The Balaban J connectivity index is 2.07. The first-order valence-electron chi connectivity index (χ1n) is 7.68. The molecule has 2 N–H and O–H groups in total. The molecule has 0 amide bonds. The lowest BCUT2D eigenvalue weighted by Crippen LogP contribution is -2.04. The number of rotatable bonds is 4. The third kappa shape index (κ3) is 3.13. The van der Waals surface area contributed by atoms with Crippen molar-refractivity contribution in [3.05, 3.63) is 64.8 Å². The standard InChI is InChI=1S/C19H14FN3O3/c1-10-17(11(2)26-23-10)13-6-12(9-21)7-14(8-13)22-16-5-3-4-15(18(16)20)19(24)25/h3-8,22H,1-2H3,(H,24,25). The van der Waals surface area contributed by atoms with Crippen molar-refractivity contribution in [2.75, 3.05) is 5.32 Å². The number of aromatic nitrogens is 1. The number of carboxylic acid groups (broad SMARTS) is 1. The van der Waals surface area contributed by atoms with Gasteiger partial charge in [0.15, 0.2) is 5.82 Å². The molecule has 3 aromatic rings. The number of nitrogens with zero attached hydrogens (tertiary/aromatic N) is 2. The van der Waals surface area contributed by atoms with E-state index in [1.54, 1.807) is 32.0 Å². The number of hydrogen-bond acceptors (Lipinski definition) is 5. The summed E-state index contributed by atoms with van der Waals surface area (Å²) in [4.78, 5) is 11.1. The van der Waals surface area contributed by atoms with Gasteiger partial charge >= 0.3 is 5.97 Å². The highest BCUT2D eigenvalue weighted by atomic mass is 19.1. The minimum absolute atomic E-state index is 0.00435. The number of aryl methyl sites for hydroxylation is 2. The largest absolute Gasteiger partial charge is 0.478 e. The van der Waals surface area contributed by atoms with Gasteiger partial charge in [0.1, 0.15) is 5.76 Å². The van der Waals surface area contributed by atoms with Crippen LogP contribution in [0.25, 0.3) is 11.1 Å². The molecule has 0 spiro atoms. The van der Waals surface area contributed by atoms with Crippen LogP contribution >= 0.6 is 0 Å². The van der Waals surface area contributed by atoms with Crippen LogP contribution in [0, 0.1) is 31.0 Å². The van der Waals surface area contributed by atoms with Crippen LogP contribution in [0.4, 0.5) is 15.8 Å². The Morgan fingerprint density at radius 1 is 1.31 bits per heavy atom. The van der Waals surface area contributed by atoms with Gasteiger partial charge < -0.3 is 14.9 Å². The minimum Gasteiger partial charge on any atom is -0.478 e. The quantitative estimate of drug-likeness (QED) is 0.722. The zero-order valence-corrected chi connectivity index (χ0v) is 14.0. The van der Waals surface area contributed by atoms with E-state index in [0.29, 0.717) is 28.3 Å². The van der Waals surface area contributed by atoms with Gasteiger partial charge in [-0.2, -0.15) is 5.26 Å². The number of halogens is 1. The van der Waals surface area contributed by atoms with Crippen molar-refractivity contribution < 1.29 is 18.8 Å². The first-order valence-corrected chi connectivity index (χ1v) is 7.68. The molecule has 0 fully saturated rings. The third-order valence-corrected chi connectivity index (χ3v) is 3.89. The number of anilines is 2. The summed E-state index contributed by atoms with van der Waals surface area (Å²) in [5.41, 5.74) is 2.49. The zero-order chi connectivity index (χ0) is 18.8. The van der Waals surface area contributed by atoms with Crippen molar-refractivity contribution in [1.29, 1.82) is 5.26 Å². The van der Waals surface area contributed by atoms with Gasteiger partial charge in [0.25, 0.3) is 0 Å². The molecule has 0 saturated carbocycles. The molecule has 6 nitrogen and oxygen atoms in total. The fourth-order valence-corrected chi connectivity index (χ4v) is 2.75. The summed E-state index contributed by atoms with van der Waals surface area (Å²) in [6.45, 7) is 3.55. The maximum Gasteiger partial charge on any atom is 0.338 e. The average molecular weight is 351 g/mol. The molecule has 1 heterocycles. The average Bonchev–Trinajstić information content (AvgIpc) is 2.94. The van der Waals surface area contributed by atoms with Crippen LogP contribution in [-0.2, 0) is 0 Å². The lowest BCUT2D eigenvalue weighted by molar-refractivity contribution is 0.0692. The summed E-state index contributed by atoms with van der Waals surface area (Å²) in [5.74, 6) is -1.63. The molecule has 0 bridgehead atoms. The predicted octanol–water partition coefficient (Wildman–Crippen LogP) is 4.41. The van der Waals surface area contributed by atoms with E-state index < -0.39 is 17.3 Å². The molecule has 0 saturated heterocycles. The number of hydrogen-bond donors (Lipinski definition) is 2. The van der Waals surface area contributed by atoms with Crippen LogP contribution in [0.1, 0.15) is 27.4 Å². The Hall–Kier alpha value is -3.66. The normalized spacial score (nSPS) is 10.4. The Bertz CT molecular complexity index is 1030. The van der Waals surface area contributed by atoms with Crippen molar-refractivity contribution in [2.24, 2.45) is 0 Å². The molecule has 0 aliphatic carbocycles. The molecule has 0 atom stereocenters. The summed E-state index contributed by atoms with van der Waals surface area (Å²) >= 11 is 0. The van der Waals surface area contributed by atoms with Gasteiger partial charge in [0.05, 0.1) is 28.6 Å². The number of aromatic carboxylic acids is 1. The second-order valence-electron chi connectivity index (χ2n) is 5.71. The number of benzene rings is 2. The van der Waals surface area contributed by atoms with Gasteiger partial charge in [-0.15, -0.1) is 0 Å². The molecule has 0 unspecified atom stereocenters. The minimum atomic E-state index is -1.35. The molecule has 0 aliphatic rings. The topological polar surface area (TPSA) is 99.2 Å². The van der Waals surface area contributed by atoms with Crippen LogP contribution < -0.4 is 5.32 Å². The van der Waals surface area contributed by atoms with E-state index in [1.807, 2.05) is 0 Å². The van der Waals surface area contributed by atoms with Gasteiger partial charge in [-0.25, -0.2) is 9.18 Å². The van der Waals surface area contributed by atoms with Crippen molar-refractivity contribution in [1.82, 2.24) is 5.16 Å². The highest BCUT2D eigenvalue weighted by molar-refractivity contribution is 5.89. The maximum absolute atomic E-state index is 14.4. The van der Waals surface area contributed by atoms with E-state index in [4.69, 9.17) is 9.63 Å². The number of nitriles is 1. The lowest BCUT2D eigenvalue weighted by Gasteiger charge is -2.11. The summed E-state index contributed by atoms with van der Waals surface area (Å²) in [6.07, 6.45) is 0. The van der Waals surface area contributed by atoms with Gasteiger partial charge in [0.2, 0.25) is 0 Å². The van der Waals surface area contributed by atoms with Crippen molar-refractivity contribution in [3.8, 4) is 17.2 Å². The van der Waals surface area contributed by atoms with Gasteiger partial charge in [-0.1, -0.05) is 11.2 Å². The predicted molar refractivity (Wildman–Crippen MR) is 92.8 cm³/mol. The smallest absolute Gasteiger partial charge is 0.338 e. The summed E-state index contributed by atoms with van der Waals surface area (Å²) in [7, 11) is 0. The Labute approximate surface area is 148 Å². The first-order chi connectivity index (χ1) is 12.4. The fourth-order valence-electron chi connectivity index (χ4n) is 2.75. The third-order valence-electron chi connectivity index (χ3n) is 3.89. The Kier molecular flexibility index (Phi) is 4.42. The van der Waals surface area contributed by atoms with E-state index in [0.717, 1.165) is 5.56 Å². The van der Waals surface area contributed by atoms with E-state index in [9.17, 15) is 14.4 Å². The van der Waals surface area contributed by atoms with Crippen molar-refractivity contribution in [2.45, 2.75) is 13.8 Å². The van der Waals surface area contributed by atoms with Crippen molar-refractivity contribution in [3.63, 3.8) is 0 Å². The molecule has 7 heteroatoms. The molecular formula is C19H14FN3O3. The summed E-state index contributed by atoms with van der Waals surface area (Å²) < 4.78 is 19.5. The number of carbonyl (C=O) groups is 1. The van der Waals surface area contributed by atoms with E-state index in [1.165, 1.54) is 18.2 Å². The molecule has 3 rings (SSSR count). The molecule has 26 heavy (non-hydrogen) atoms. The first kappa shape index (κ1) is 17.2. The fraction of sp³-hybridized carbons (Fsp3) is 0.105. The zero-order valence-electron chi connectivity index (χ0n) is 14.0. The van der Waals surface area contributed by atoms with E-state index in [2.05, 4.69) is 16.5 Å². The van der Waals surface area contributed by atoms with Gasteiger partial charge in [-0.05, 0) is 49.7 Å². The van der Waals surface area contributed by atoms with Gasteiger partial charge in [0, 0.05) is 11.3 Å². The van der Waals surface area contributed by atoms with Crippen LogP contribution in [0.15, 0.2) is 40.9 Å². The number of carboxylic acids is 1. The molecule has 2 aromatic carbocycles. The van der Waals surface area contributed by atoms with Crippen LogP contribution in [0.3, 0.4) is 0 Å². The van der Waals surface area contributed by atoms with Crippen LogP contribution in [0.5, 0.6) is 0 Å². The molecule has 0 aliphatic heterocycles. The molecule has 0 radical (unpaired) electrons. The van der Waals surface area contributed by atoms with Crippen LogP contribution in [0.2, 0.25) is 0 Å². The molecular weight excluding hydrogens is 337 g/mol. The summed E-state index contributed by atoms with van der Waals surface area (Å²) in [6, 6.07) is 11.1. The Morgan fingerprint density at radius 3 is 2.69 bits per heavy atom. The van der Waals surface area contributed by atoms with Crippen LogP contribution in [-0.4, -0.2) is 16.2 Å². The second-order valence-corrected chi connectivity index (χ2v) is 5.71. The SMILES string of the molecule is Cc1noc(C)c1-c1cc(C#N)cc(Nc2cccc(C(=O)O)c2F)c1. The summed E-state index contributed by atoms with van der Waals surface area (Å²) in [5, 5.41) is 25.1. The molecule has 130 valence electrons. The van der Waals surface area contributed by atoms with Crippen molar-refractivity contribution >= 4 is 17.3 Å². The highest BCUT2D eigenvalue weighted by Crippen LogP contribution is 2.32. The second kappa shape index (κ2) is 6.69. The number of nitrogens with one attached hydrogen (secondary N) is 1. The van der Waals surface area contributed by atoms with E-state index in [-0.39, 0.29) is 5.69 Å². The molecule has 1 aromatic heterocycles. The maximum atomic E-state index is 14.4. The highest BCUT2D eigenvalue weighted by Gasteiger charge is 2.16.